The van der Waals surface area contributed by atoms with E-state index in [2.05, 4.69) is 10.5 Å². The van der Waals surface area contributed by atoms with Gasteiger partial charge in [0, 0.05) is 29.8 Å². The molecule has 0 fully saturated rings. The zero-order chi connectivity index (χ0) is 19.4. The van der Waals surface area contributed by atoms with Crippen molar-refractivity contribution in [3.05, 3.63) is 47.6 Å². The summed E-state index contributed by atoms with van der Waals surface area (Å²) in [6.45, 7) is 1.37. The predicted octanol–water partition coefficient (Wildman–Crippen LogP) is 4.58. The van der Waals surface area contributed by atoms with E-state index in [0.717, 1.165) is 10.4 Å². The van der Waals surface area contributed by atoms with Gasteiger partial charge >= 0.3 is 0 Å². The summed E-state index contributed by atoms with van der Waals surface area (Å²) in [5.41, 5.74) is 3.92. The summed E-state index contributed by atoms with van der Waals surface area (Å²) in [7, 11) is 3.21. The van der Waals surface area contributed by atoms with Gasteiger partial charge in [-0.15, -0.1) is 11.3 Å². The minimum absolute atomic E-state index is 0.306. The summed E-state index contributed by atoms with van der Waals surface area (Å²) in [6.07, 6.45) is 1.76. The van der Waals surface area contributed by atoms with Gasteiger partial charge in [-0.1, -0.05) is 11.6 Å². The Balaban J connectivity index is 1.99. The zero-order valence-corrected chi connectivity index (χ0v) is 16.5. The van der Waals surface area contributed by atoms with E-state index >= 15 is 0 Å². The van der Waals surface area contributed by atoms with Crippen LogP contribution in [0.3, 0.4) is 0 Å². The molecule has 3 aromatic rings. The Kier molecular flexibility index (Phi) is 5.83. The highest BCUT2D eigenvalue weighted by Gasteiger charge is 2.14. The van der Waals surface area contributed by atoms with Gasteiger partial charge in [-0.2, -0.15) is 5.48 Å². The van der Waals surface area contributed by atoms with Gasteiger partial charge in [0.05, 0.1) is 24.7 Å². The lowest BCUT2D eigenvalue weighted by Gasteiger charge is -2.09. The summed E-state index contributed by atoms with van der Waals surface area (Å²) in [5, 5.41) is 1.25. The van der Waals surface area contributed by atoms with Crippen molar-refractivity contribution in [2.75, 3.05) is 14.2 Å². The minimum Gasteiger partial charge on any atom is -0.497 e. The van der Waals surface area contributed by atoms with Crippen molar-refractivity contribution in [3.8, 4) is 38.3 Å². The summed E-state index contributed by atoms with van der Waals surface area (Å²) in [4.78, 5) is 21.9. The Morgan fingerprint density at radius 1 is 1.11 bits per heavy atom. The normalized spacial score (nSPS) is 10.4. The number of benzene rings is 2. The average Bonchev–Trinajstić information content (AvgIpc) is 3.16. The molecule has 0 spiro atoms. The quantitative estimate of drug-likeness (QED) is 0.609. The molecule has 0 saturated heterocycles. The predicted molar refractivity (Wildman–Crippen MR) is 106 cm³/mol. The van der Waals surface area contributed by atoms with Crippen LogP contribution < -0.4 is 19.8 Å². The lowest BCUT2D eigenvalue weighted by molar-refractivity contribution is -0.125. The Bertz CT molecular complexity index is 952. The lowest BCUT2D eigenvalue weighted by atomic mass is 10.2. The Morgan fingerprint density at radius 2 is 1.81 bits per heavy atom. The SMILES string of the molecule is COc1cc(OC)cc(-c2cnc(-c3cc(Cl)ccc3ONC(C)=O)s2)c1. The van der Waals surface area contributed by atoms with Gasteiger partial charge in [-0.3, -0.25) is 4.79 Å². The molecular formula is C19H17ClN2O4S. The molecular weight excluding hydrogens is 388 g/mol. The first-order valence-corrected chi connectivity index (χ1v) is 9.12. The van der Waals surface area contributed by atoms with E-state index < -0.39 is 0 Å². The summed E-state index contributed by atoms with van der Waals surface area (Å²) >= 11 is 7.59. The summed E-state index contributed by atoms with van der Waals surface area (Å²) in [5.74, 6) is 1.53. The van der Waals surface area contributed by atoms with E-state index in [4.69, 9.17) is 25.9 Å². The van der Waals surface area contributed by atoms with Crippen molar-refractivity contribution in [2.24, 2.45) is 0 Å². The molecule has 0 unspecified atom stereocenters. The van der Waals surface area contributed by atoms with Crippen LogP contribution in [-0.2, 0) is 4.79 Å². The number of hydrogen-bond donors (Lipinski definition) is 1. The van der Waals surface area contributed by atoms with Crippen LogP contribution >= 0.6 is 22.9 Å². The minimum atomic E-state index is -0.306. The van der Waals surface area contributed by atoms with Crippen molar-refractivity contribution < 1.29 is 19.1 Å². The number of hydroxylamine groups is 1. The van der Waals surface area contributed by atoms with Gasteiger partial charge in [0.2, 0.25) is 5.91 Å². The number of thiazole rings is 1. The largest absolute Gasteiger partial charge is 0.497 e. The maximum absolute atomic E-state index is 11.1. The standard InChI is InChI=1S/C19H17ClN2O4S/c1-11(23)22-26-17-5-4-13(20)8-16(17)19-21-10-18(27-19)12-6-14(24-2)9-15(7-12)25-3/h4-10H,1-3H3,(H,22,23). The molecule has 0 aliphatic rings. The maximum Gasteiger partial charge on any atom is 0.249 e. The Hall–Kier alpha value is -2.77. The van der Waals surface area contributed by atoms with E-state index in [1.54, 1.807) is 38.6 Å². The molecule has 0 aliphatic heterocycles. The van der Waals surface area contributed by atoms with Crippen molar-refractivity contribution in [3.63, 3.8) is 0 Å². The highest BCUT2D eigenvalue weighted by Crippen LogP contribution is 2.39. The fraction of sp³-hybridized carbons (Fsp3) is 0.158. The number of nitrogens with zero attached hydrogens (tertiary/aromatic N) is 1. The molecule has 8 heteroatoms. The first-order chi connectivity index (χ1) is 13.0. The van der Waals surface area contributed by atoms with Gasteiger partial charge in [-0.25, -0.2) is 4.98 Å². The average molecular weight is 405 g/mol. The molecule has 27 heavy (non-hydrogen) atoms. The summed E-state index contributed by atoms with van der Waals surface area (Å²) in [6, 6.07) is 10.7. The molecule has 1 heterocycles. The first kappa shape index (κ1) is 19.0. The number of carbonyl (C=O) groups is 1. The van der Waals surface area contributed by atoms with E-state index in [1.165, 1.54) is 18.3 Å². The monoisotopic (exact) mass is 404 g/mol. The molecule has 3 rings (SSSR count). The number of methoxy groups -OCH3 is 2. The molecule has 140 valence electrons. The fourth-order valence-corrected chi connectivity index (χ4v) is 3.46. The number of halogens is 1. The lowest BCUT2D eigenvalue weighted by Crippen LogP contribution is -2.23. The fourth-order valence-electron chi connectivity index (χ4n) is 2.37. The van der Waals surface area contributed by atoms with Crippen LogP contribution in [0.15, 0.2) is 42.6 Å². The van der Waals surface area contributed by atoms with Gasteiger partial charge in [-0.05, 0) is 30.3 Å². The van der Waals surface area contributed by atoms with Gasteiger partial charge in [0.25, 0.3) is 0 Å². The number of ether oxygens (including phenoxy) is 2. The number of carbonyl (C=O) groups excluding carboxylic acids is 1. The molecule has 1 amide bonds. The first-order valence-electron chi connectivity index (χ1n) is 7.92. The topological polar surface area (TPSA) is 69.7 Å². The van der Waals surface area contributed by atoms with Crippen molar-refractivity contribution in [1.29, 1.82) is 0 Å². The number of nitrogens with one attached hydrogen (secondary N) is 1. The molecule has 0 radical (unpaired) electrons. The Labute approximate surface area is 165 Å². The van der Waals surface area contributed by atoms with Crippen LogP contribution in [0.25, 0.3) is 21.0 Å². The highest BCUT2D eigenvalue weighted by molar-refractivity contribution is 7.18. The number of hydrogen-bond acceptors (Lipinski definition) is 6. The molecule has 1 N–H and O–H groups in total. The van der Waals surface area contributed by atoms with Crippen LogP contribution in [0.1, 0.15) is 6.92 Å². The van der Waals surface area contributed by atoms with E-state index in [-0.39, 0.29) is 5.91 Å². The van der Waals surface area contributed by atoms with Crippen LogP contribution in [0.4, 0.5) is 0 Å². The number of rotatable bonds is 6. The van der Waals surface area contributed by atoms with E-state index in [1.807, 2.05) is 18.2 Å². The Morgan fingerprint density at radius 3 is 2.44 bits per heavy atom. The molecule has 6 nitrogen and oxygen atoms in total. The number of amides is 1. The third-order valence-electron chi connectivity index (χ3n) is 3.62. The molecule has 2 aromatic carbocycles. The van der Waals surface area contributed by atoms with Gasteiger partial charge in [0.15, 0.2) is 5.75 Å². The molecule has 1 aromatic heterocycles. The van der Waals surface area contributed by atoms with Gasteiger partial charge in [0.1, 0.15) is 16.5 Å². The van der Waals surface area contributed by atoms with Crippen LogP contribution in [0.5, 0.6) is 17.2 Å². The van der Waals surface area contributed by atoms with Gasteiger partial charge < -0.3 is 14.3 Å². The number of aromatic nitrogens is 1. The molecule has 0 bridgehead atoms. The molecule has 0 aliphatic carbocycles. The highest BCUT2D eigenvalue weighted by atomic mass is 35.5. The third-order valence-corrected chi connectivity index (χ3v) is 4.93. The van der Waals surface area contributed by atoms with Crippen LogP contribution in [0, 0.1) is 0 Å². The molecule has 0 atom stereocenters. The second-order valence-electron chi connectivity index (χ2n) is 5.53. The smallest absolute Gasteiger partial charge is 0.249 e. The van der Waals surface area contributed by atoms with Crippen LogP contribution in [0.2, 0.25) is 5.02 Å². The van der Waals surface area contributed by atoms with Crippen molar-refractivity contribution in [2.45, 2.75) is 6.92 Å². The molecule has 0 saturated carbocycles. The van der Waals surface area contributed by atoms with E-state index in [0.29, 0.717) is 32.8 Å². The van der Waals surface area contributed by atoms with E-state index in [9.17, 15) is 4.79 Å². The maximum atomic E-state index is 11.1. The van der Waals surface area contributed by atoms with Crippen molar-refractivity contribution >= 4 is 28.8 Å². The summed E-state index contributed by atoms with van der Waals surface area (Å²) < 4.78 is 10.7. The second-order valence-corrected chi connectivity index (χ2v) is 7.00. The van der Waals surface area contributed by atoms with Crippen LogP contribution in [-0.4, -0.2) is 25.1 Å². The van der Waals surface area contributed by atoms with Crippen molar-refractivity contribution in [1.82, 2.24) is 10.5 Å². The third kappa shape index (κ3) is 4.50. The second kappa shape index (κ2) is 8.28. The zero-order valence-electron chi connectivity index (χ0n) is 14.9.